The first-order chi connectivity index (χ1) is 15.2. The first-order valence-electron chi connectivity index (χ1n) is 10.6. The molecule has 0 bridgehead atoms. The van der Waals surface area contributed by atoms with Crippen molar-refractivity contribution in [2.75, 3.05) is 5.75 Å². The summed E-state index contributed by atoms with van der Waals surface area (Å²) in [6.07, 6.45) is 1.81. The SMILES string of the molecule is CC[C@H](C)NC(=O)[C@H](C)N(Cc1c(Cl)cccc1Cl)C(=O)CCCSc1ccc(Cl)cc1. The zero-order valence-corrected chi connectivity index (χ0v) is 21.6. The Morgan fingerprint density at radius 3 is 2.25 bits per heavy atom. The molecule has 32 heavy (non-hydrogen) atoms. The molecule has 8 heteroatoms. The lowest BCUT2D eigenvalue weighted by atomic mass is 10.1. The second-order valence-corrected chi connectivity index (χ2v) is 10.0. The van der Waals surface area contributed by atoms with Gasteiger partial charge < -0.3 is 10.2 Å². The first-order valence-corrected chi connectivity index (χ1v) is 12.8. The quantitative estimate of drug-likeness (QED) is 0.263. The summed E-state index contributed by atoms with van der Waals surface area (Å²) in [5.74, 6) is 0.484. The van der Waals surface area contributed by atoms with Crippen LogP contribution in [0.4, 0.5) is 0 Å². The van der Waals surface area contributed by atoms with Crippen LogP contribution in [0.1, 0.15) is 45.6 Å². The van der Waals surface area contributed by atoms with Crippen molar-refractivity contribution in [1.29, 1.82) is 0 Å². The summed E-state index contributed by atoms with van der Waals surface area (Å²) in [7, 11) is 0. The number of carbonyl (C=O) groups excluding carboxylic acids is 2. The van der Waals surface area contributed by atoms with E-state index in [1.54, 1.807) is 41.8 Å². The van der Waals surface area contributed by atoms with Gasteiger partial charge >= 0.3 is 0 Å². The second-order valence-electron chi connectivity index (χ2n) is 7.62. The molecule has 0 saturated carbocycles. The Bertz CT molecular complexity index is 888. The molecule has 4 nitrogen and oxygen atoms in total. The van der Waals surface area contributed by atoms with E-state index >= 15 is 0 Å². The minimum atomic E-state index is -0.646. The van der Waals surface area contributed by atoms with Crippen molar-refractivity contribution in [3.63, 3.8) is 0 Å². The fraction of sp³-hybridized carbons (Fsp3) is 0.417. The molecular formula is C24H29Cl3N2O2S. The number of rotatable bonds is 11. The Morgan fingerprint density at radius 1 is 1.03 bits per heavy atom. The van der Waals surface area contributed by atoms with E-state index in [4.69, 9.17) is 34.8 Å². The van der Waals surface area contributed by atoms with Gasteiger partial charge in [0.15, 0.2) is 0 Å². The summed E-state index contributed by atoms with van der Waals surface area (Å²) in [6, 6.07) is 12.2. The molecule has 1 N–H and O–H groups in total. The predicted molar refractivity (Wildman–Crippen MR) is 136 cm³/mol. The average Bonchev–Trinajstić information content (AvgIpc) is 2.77. The summed E-state index contributed by atoms with van der Waals surface area (Å²) < 4.78 is 0. The maximum atomic E-state index is 13.2. The van der Waals surface area contributed by atoms with Crippen molar-refractivity contribution < 1.29 is 9.59 Å². The monoisotopic (exact) mass is 514 g/mol. The molecule has 2 aromatic rings. The van der Waals surface area contributed by atoms with Crippen molar-refractivity contribution in [3.8, 4) is 0 Å². The lowest BCUT2D eigenvalue weighted by Crippen LogP contribution is -2.49. The second kappa shape index (κ2) is 13.3. The van der Waals surface area contributed by atoms with Crippen molar-refractivity contribution in [2.45, 2.75) is 63.6 Å². The standard InChI is InChI=1S/C24H29Cl3N2O2S/c1-4-16(2)28-24(31)17(3)29(15-20-21(26)7-5-8-22(20)27)23(30)9-6-14-32-19-12-10-18(25)11-13-19/h5,7-8,10-13,16-17H,4,6,9,14-15H2,1-3H3,(H,28,31)/t16-,17-/m0/s1. The molecule has 0 heterocycles. The number of nitrogens with one attached hydrogen (secondary N) is 1. The van der Waals surface area contributed by atoms with E-state index < -0.39 is 6.04 Å². The van der Waals surface area contributed by atoms with Crippen LogP contribution >= 0.6 is 46.6 Å². The Morgan fingerprint density at radius 2 is 1.66 bits per heavy atom. The third-order valence-corrected chi connectivity index (χ3v) is 7.23. The van der Waals surface area contributed by atoms with Gasteiger partial charge in [0.25, 0.3) is 0 Å². The Labute approximate surface area is 210 Å². The van der Waals surface area contributed by atoms with Gasteiger partial charge in [0.2, 0.25) is 11.8 Å². The van der Waals surface area contributed by atoms with Crippen molar-refractivity contribution >= 4 is 58.4 Å². The lowest BCUT2D eigenvalue weighted by Gasteiger charge is -2.30. The van der Waals surface area contributed by atoms with E-state index in [0.29, 0.717) is 33.5 Å². The van der Waals surface area contributed by atoms with E-state index in [0.717, 1.165) is 17.1 Å². The van der Waals surface area contributed by atoms with E-state index in [1.165, 1.54) is 0 Å². The van der Waals surface area contributed by atoms with E-state index in [1.807, 2.05) is 38.1 Å². The van der Waals surface area contributed by atoms with Gasteiger partial charge in [0.05, 0.1) is 0 Å². The van der Waals surface area contributed by atoms with Crippen molar-refractivity contribution in [3.05, 3.63) is 63.1 Å². The normalized spacial score (nSPS) is 12.8. The molecule has 0 aliphatic heterocycles. The number of hydrogen-bond donors (Lipinski definition) is 1. The number of hydrogen-bond acceptors (Lipinski definition) is 3. The topological polar surface area (TPSA) is 49.4 Å². The molecule has 2 atom stereocenters. The summed E-state index contributed by atoms with van der Waals surface area (Å²) >= 11 is 20.3. The van der Waals surface area contributed by atoms with Gasteiger partial charge in [-0.25, -0.2) is 0 Å². The van der Waals surface area contributed by atoms with Gasteiger partial charge in [-0.3, -0.25) is 9.59 Å². The number of amides is 2. The predicted octanol–water partition coefficient (Wildman–Crippen LogP) is 6.85. The molecule has 0 unspecified atom stereocenters. The first kappa shape index (κ1) is 26.8. The molecular weight excluding hydrogens is 487 g/mol. The molecule has 2 aromatic carbocycles. The van der Waals surface area contributed by atoms with E-state index in [-0.39, 0.29) is 24.4 Å². The van der Waals surface area contributed by atoms with Gasteiger partial charge in [-0.05, 0) is 68.8 Å². The summed E-state index contributed by atoms with van der Waals surface area (Å²) in [5.41, 5.74) is 0.642. The smallest absolute Gasteiger partial charge is 0.242 e. The zero-order valence-electron chi connectivity index (χ0n) is 18.5. The Kier molecular flexibility index (Phi) is 11.2. The van der Waals surface area contributed by atoms with Crippen LogP contribution in [-0.2, 0) is 16.1 Å². The van der Waals surface area contributed by atoms with Gasteiger partial charge in [-0.15, -0.1) is 11.8 Å². The zero-order chi connectivity index (χ0) is 23.7. The maximum Gasteiger partial charge on any atom is 0.242 e. The molecule has 0 aliphatic carbocycles. The average molecular weight is 516 g/mol. The van der Waals surface area contributed by atoms with Crippen LogP contribution < -0.4 is 5.32 Å². The highest BCUT2D eigenvalue weighted by molar-refractivity contribution is 7.99. The molecule has 0 fully saturated rings. The number of halogens is 3. The van der Waals surface area contributed by atoms with Crippen LogP contribution in [0.15, 0.2) is 47.4 Å². The van der Waals surface area contributed by atoms with Gasteiger partial charge in [0, 0.05) is 44.5 Å². The number of thioether (sulfide) groups is 1. The highest BCUT2D eigenvalue weighted by atomic mass is 35.5. The fourth-order valence-electron chi connectivity index (χ4n) is 2.99. The largest absolute Gasteiger partial charge is 0.352 e. The van der Waals surface area contributed by atoms with Crippen molar-refractivity contribution in [2.24, 2.45) is 0 Å². The molecule has 0 saturated heterocycles. The van der Waals surface area contributed by atoms with Crippen LogP contribution in [0.25, 0.3) is 0 Å². The molecule has 174 valence electrons. The summed E-state index contributed by atoms with van der Waals surface area (Å²) in [5, 5.41) is 4.61. The number of benzene rings is 2. The Balaban J connectivity index is 2.07. The molecule has 0 radical (unpaired) electrons. The van der Waals surface area contributed by atoms with Crippen LogP contribution in [-0.4, -0.2) is 34.6 Å². The molecule has 2 amide bonds. The van der Waals surface area contributed by atoms with Crippen LogP contribution in [0.2, 0.25) is 15.1 Å². The van der Waals surface area contributed by atoms with Crippen LogP contribution in [0.5, 0.6) is 0 Å². The van der Waals surface area contributed by atoms with E-state index in [2.05, 4.69) is 5.32 Å². The molecule has 0 aromatic heterocycles. The van der Waals surface area contributed by atoms with Crippen LogP contribution in [0.3, 0.4) is 0 Å². The minimum absolute atomic E-state index is 0.0292. The van der Waals surface area contributed by atoms with Crippen LogP contribution in [0, 0.1) is 0 Å². The lowest BCUT2D eigenvalue weighted by molar-refractivity contribution is -0.140. The molecule has 2 rings (SSSR count). The van der Waals surface area contributed by atoms with Gasteiger partial charge in [-0.1, -0.05) is 47.8 Å². The number of carbonyl (C=O) groups is 2. The third kappa shape index (κ3) is 8.18. The highest BCUT2D eigenvalue weighted by Gasteiger charge is 2.27. The van der Waals surface area contributed by atoms with Crippen molar-refractivity contribution in [1.82, 2.24) is 10.2 Å². The third-order valence-electron chi connectivity index (χ3n) is 5.18. The van der Waals surface area contributed by atoms with E-state index in [9.17, 15) is 9.59 Å². The van der Waals surface area contributed by atoms with Gasteiger partial charge in [-0.2, -0.15) is 0 Å². The van der Waals surface area contributed by atoms with Gasteiger partial charge in [0.1, 0.15) is 6.04 Å². The summed E-state index contributed by atoms with van der Waals surface area (Å²) in [6.45, 7) is 5.86. The molecule has 0 spiro atoms. The highest BCUT2D eigenvalue weighted by Crippen LogP contribution is 2.27. The number of nitrogens with zero attached hydrogens (tertiary/aromatic N) is 1. The molecule has 0 aliphatic rings. The fourth-order valence-corrected chi connectivity index (χ4v) is 4.49. The Hall–Kier alpha value is -1.40. The maximum absolute atomic E-state index is 13.2. The summed E-state index contributed by atoms with van der Waals surface area (Å²) in [4.78, 5) is 28.6. The minimum Gasteiger partial charge on any atom is -0.352 e.